The molecule has 2 unspecified atom stereocenters. The molecule has 146 heavy (non-hydrogen) atoms. The standard InChI is InChI=1S/C47H66N2O16S3.C42H53N3O10S2.C10H21NO6.O3S/c1-46(2)36-31-34(68(61,62)63)23-24-38(36)48(26-15-29-66(55,56)57)40(46)21-9-4-10-22-41-47(3,35-19-11-12-20-37(35)49(41)27-16-30-67(58,59)60)25-13-5-7-17-33(51)18-8-6-14-28-64-45-44(54)43(53)42(52)39(32-50)65-45;1-6-7-25-43-34-21-19-31(57(52,53)54)29-32(34)41(3,4)36(43)15-10-8-11-16-37-42(5,24-13-9-12-17-40(48)55-45-38(46)22-23-39(45)47)33-28-30(2)18-20-35(33)44(37)26-14-27-56(49,50)51;11-3-1-2-4-16-10-9(15)8(14)7(13)6(5-12)17-10;1-4(2)3/h4,9-12,19-24,31,39,42-45,50,52-54H,5-8,13-18,25-30,32H2,1-3H3,(H2-,55,56,57,58,59,60,61,62,63);8,10-11,15-16,18-21,28-29H,6-7,9,12-14,17,22-27H2,1-5H3,(H-,49,50,51,52,53,54);6-10,12-15H,1-5,11H2;/t39-,42-,43+,44+,45+,47?;;6-,7-,8+,9+,10+;/m1.1./s1. The quantitative estimate of drug-likeness (QED) is 0.00672. The normalized spacial score (nSPS) is 24.0. The molecule has 11 rings (SSSR count). The van der Waals surface area contributed by atoms with Gasteiger partial charge in [-0.3, -0.25) is 28.0 Å². The molecule has 41 nitrogen and oxygen atoms in total. The highest BCUT2D eigenvalue weighted by molar-refractivity contribution is 7.86. The minimum Gasteiger partial charge on any atom is -0.748 e. The number of nitrogens with zero attached hydrogens (tertiary/aromatic N) is 5. The van der Waals surface area contributed by atoms with Crippen LogP contribution in [0.1, 0.15) is 224 Å². The molecule has 4 aromatic carbocycles. The first-order valence-electron chi connectivity index (χ1n) is 48.6. The number of unbranched alkanes of at least 4 members (excludes halogenated alkanes) is 8. The molecular formula is C99H140N6O35S6. The fourth-order valence-corrected chi connectivity index (χ4v) is 21.5. The molecule has 812 valence electrons. The Kier molecular flexibility index (Phi) is 45.9. The first-order chi connectivity index (χ1) is 68.5. The summed E-state index contributed by atoms with van der Waals surface area (Å²) in [5.41, 5.74) is 14.3. The van der Waals surface area contributed by atoms with E-state index in [4.69, 9.17) is 47.3 Å². The molecular weight excluding hydrogens is 2030 g/mol. The Morgan fingerprint density at radius 3 is 1.40 bits per heavy atom. The number of aliphatic hydroxyl groups excluding tert-OH is 8. The van der Waals surface area contributed by atoms with E-state index >= 15 is 0 Å². The Morgan fingerprint density at radius 1 is 0.507 bits per heavy atom. The number of carbonyl (C=O) groups excluding carboxylic acids is 4. The first kappa shape index (κ1) is 122. The second-order valence-electron chi connectivity index (χ2n) is 38.3. The van der Waals surface area contributed by atoms with E-state index in [-0.39, 0.29) is 73.0 Å². The fourth-order valence-electron chi connectivity index (χ4n) is 19.0. The van der Waals surface area contributed by atoms with Crippen molar-refractivity contribution in [3.05, 3.63) is 179 Å². The number of hydrogen-bond donors (Lipinski definition) is 12. The molecule has 0 aliphatic carbocycles. The Bertz CT molecular complexity index is 6180. The van der Waals surface area contributed by atoms with Crippen molar-refractivity contribution >= 4 is 119 Å². The van der Waals surface area contributed by atoms with Crippen molar-refractivity contribution in [3.63, 3.8) is 0 Å². The molecule has 0 bridgehead atoms. The Hall–Kier alpha value is -8.81. The molecule has 0 saturated carbocycles. The zero-order chi connectivity index (χ0) is 108. The summed E-state index contributed by atoms with van der Waals surface area (Å²) in [6.45, 7) is 17.8. The summed E-state index contributed by atoms with van der Waals surface area (Å²) < 4.78 is 220. The third kappa shape index (κ3) is 33.8. The summed E-state index contributed by atoms with van der Waals surface area (Å²) in [4.78, 5) is 57.5. The van der Waals surface area contributed by atoms with Crippen molar-refractivity contribution in [1.29, 1.82) is 0 Å². The van der Waals surface area contributed by atoms with Crippen LogP contribution in [0, 0.1) is 6.92 Å². The summed E-state index contributed by atoms with van der Waals surface area (Å²) >= 11 is 0. The van der Waals surface area contributed by atoms with Gasteiger partial charge >= 0.3 is 16.6 Å². The minimum absolute atomic E-state index is 0.0152. The number of amides is 2. The third-order valence-electron chi connectivity index (χ3n) is 26.7. The zero-order valence-electron chi connectivity index (χ0n) is 83.3. The number of allylic oxidation sites excluding steroid dienone is 12. The van der Waals surface area contributed by atoms with Gasteiger partial charge in [0, 0.05) is 146 Å². The lowest BCUT2D eigenvalue weighted by atomic mass is 9.76. The van der Waals surface area contributed by atoms with E-state index in [1.807, 2.05) is 130 Å². The van der Waals surface area contributed by atoms with Crippen LogP contribution >= 0.6 is 0 Å². The number of aryl methyl sites for hydroxylation is 1. The van der Waals surface area contributed by atoms with Crippen molar-refractivity contribution < 1.29 is 170 Å². The molecule has 4 aromatic rings. The zero-order valence-corrected chi connectivity index (χ0v) is 88.2. The van der Waals surface area contributed by atoms with Gasteiger partial charge in [-0.05, 0) is 179 Å². The number of carbonyl (C=O) groups is 4. The average molecular weight is 2170 g/mol. The summed E-state index contributed by atoms with van der Waals surface area (Å²) in [7, 11) is -25.1. The number of ether oxygens (including phenoxy) is 4. The third-order valence-corrected chi connectivity index (χ3v) is 30.8. The number of fused-ring (bicyclic) bond motifs is 4. The van der Waals surface area contributed by atoms with Crippen LogP contribution in [0.3, 0.4) is 0 Å². The van der Waals surface area contributed by atoms with Crippen LogP contribution in [-0.4, -0.2) is 305 Å². The maximum absolute atomic E-state index is 12.8. The van der Waals surface area contributed by atoms with E-state index in [1.165, 1.54) is 24.3 Å². The molecule has 2 amide bonds. The number of nitrogens with two attached hydrogens (primary N) is 1. The summed E-state index contributed by atoms with van der Waals surface area (Å²) in [6, 6.07) is 22.8. The fraction of sp³-hybridized carbons (Fsp3) is 0.576. The van der Waals surface area contributed by atoms with Crippen LogP contribution in [0.5, 0.6) is 0 Å². The van der Waals surface area contributed by atoms with E-state index in [0.717, 1.165) is 101 Å². The highest BCUT2D eigenvalue weighted by Crippen LogP contribution is 2.53. The number of Topliss-reactive ketones (excluding diaryl/α,β-unsaturated/α-hetero) is 1. The van der Waals surface area contributed by atoms with E-state index in [9.17, 15) is 120 Å². The molecule has 7 heterocycles. The molecule has 7 aliphatic heterocycles. The summed E-state index contributed by atoms with van der Waals surface area (Å²) in [5, 5.41) is 77.5. The van der Waals surface area contributed by atoms with Gasteiger partial charge in [0.25, 0.3) is 42.2 Å². The van der Waals surface area contributed by atoms with E-state index in [2.05, 4.69) is 41.2 Å². The second kappa shape index (κ2) is 54.8. The highest BCUT2D eigenvalue weighted by atomic mass is 32.2. The van der Waals surface area contributed by atoms with Crippen LogP contribution in [0.2, 0.25) is 0 Å². The largest absolute Gasteiger partial charge is 0.748 e. The molecule has 13 N–H and O–H groups in total. The number of rotatable bonds is 50. The molecule has 12 atom stereocenters. The van der Waals surface area contributed by atoms with Gasteiger partial charge in [-0.15, -0.1) is 17.7 Å². The SMILES string of the molecule is CC1(C)C(/C=C/C=C/C=C2/N(CCCS(=O)(=O)O)c3ccccc3C2(C)CCCCCC(=O)CCCCCO[C@H]2O[C@H](CO)[C@@H](O)[C@H](O)[C@@H]2O)=[N+](CCCS(=O)(=O)[O-])c2ccc(S(=O)(=O)O)cc21.CCCC[N+]1=C(/C=C/C=C/C=C2/N(CCCS(=O)(=O)O)c3ccc(C)cc3C2(C)CCCCCC(=O)ON2C(=O)CCC2=O)C(C)(C)c2cc(S(=O)(=O)[O-])ccc21.NCCCCO[C@H]1O[C@H](CO)[C@@H](O)[C@H](O)[C@@H]1O.O=S(=O)=O. The van der Waals surface area contributed by atoms with E-state index in [0.29, 0.717) is 119 Å². The number of hydrogen-bond acceptors (Lipinski definition) is 35. The second-order valence-corrected chi connectivity index (χ2v) is 46.2. The number of aliphatic hydroxyl groups is 8. The Balaban J connectivity index is 0.000000299. The smallest absolute Gasteiger partial charge is 0.425 e. The van der Waals surface area contributed by atoms with Crippen molar-refractivity contribution in [2.24, 2.45) is 5.73 Å². The van der Waals surface area contributed by atoms with Gasteiger partial charge in [0.05, 0.1) is 55.5 Å². The number of anilines is 2. The lowest BCUT2D eigenvalue weighted by Gasteiger charge is -2.39. The number of imide groups is 1. The van der Waals surface area contributed by atoms with Gasteiger partial charge in [0.1, 0.15) is 77.8 Å². The summed E-state index contributed by atoms with van der Waals surface area (Å²) in [6.07, 6.45) is 18.5. The highest BCUT2D eigenvalue weighted by Gasteiger charge is 2.51. The van der Waals surface area contributed by atoms with Crippen LogP contribution in [-0.2, 0) is 126 Å². The average Bonchev–Trinajstić information content (AvgIpc) is 1.61. The van der Waals surface area contributed by atoms with Gasteiger partial charge in [0.15, 0.2) is 24.0 Å². The van der Waals surface area contributed by atoms with Gasteiger partial charge in [0.2, 0.25) is 11.4 Å². The van der Waals surface area contributed by atoms with Crippen LogP contribution < -0.4 is 15.5 Å². The monoisotopic (exact) mass is 2160 g/mol. The summed E-state index contributed by atoms with van der Waals surface area (Å²) in [5.74, 6) is -2.91. The molecule has 3 saturated heterocycles. The molecule has 7 aliphatic rings. The van der Waals surface area contributed by atoms with E-state index < -0.39 is 187 Å². The maximum Gasteiger partial charge on any atom is 0.425 e. The number of benzene rings is 4. The number of para-hydroxylation sites is 1. The van der Waals surface area contributed by atoms with E-state index in [1.54, 1.807) is 18.2 Å². The molecule has 0 aromatic heterocycles. The molecule has 3 fully saturated rings. The van der Waals surface area contributed by atoms with Crippen molar-refractivity contribution in [1.82, 2.24) is 5.06 Å². The molecule has 47 heteroatoms. The number of ketones is 1. The van der Waals surface area contributed by atoms with Crippen LogP contribution in [0.15, 0.2) is 161 Å². The Labute approximate surface area is 855 Å². The van der Waals surface area contributed by atoms with Gasteiger partial charge in [-0.2, -0.15) is 34.4 Å². The van der Waals surface area contributed by atoms with Crippen LogP contribution in [0.4, 0.5) is 22.7 Å². The lowest BCUT2D eigenvalue weighted by molar-refractivity contribution is -0.438. The van der Waals surface area contributed by atoms with Crippen molar-refractivity contribution in [2.75, 3.05) is 86.2 Å². The van der Waals surface area contributed by atoms with Crippen molar-refractivity contribution in [3.8, 4) is 0 Å². The van der Waals surface area contributed by atoms with Gasteiger partial charge < -0.3 is 89.3 Å². The molecule has 0 radical (unpaired) electrons. The predicted molar refractivity (Wildman–Crippen MR) is 536 cm³/mol. The Morgan fingerprint density at radius 2 is 0.945 bits per heavy atom. The maximum atomic E-state index is 12.8. The first-order valence-corrected chi connectivity index (χ1v) is 57.3. The van der Waals surface area contributed by atoms with Gasteiger partial charge in [-0.1, -0.05) is 118 Å². The van der Waals surface area contributed by atoms with Gasteiger partial charge in [-0.25, -0.2) is 21.6 Å². The minimum atomic E-state index is -4.63. The lowest BCUT2D eigenvalue weighted by Crippen LogP contribution is -2.59. The molecule has 0 spiro atoms. The predicted octanol–water partition coefficient (Wildman–Crippen LogP) is 7.42. The van der Waals surface area contributed by atoms with Crippen molar-refractivity contribution in [2.45, 2.75) is 296 Å². The topological polar surface area (TPSA) is 647 Å². The number of hydroxylamine groups is 2. The van der Waals surface area contributed by atoms with Crippen LogP contribution in [0.25, 0.3) is 0 Å².